The number of aryl methyl sites for hydroxylation is 1. The van der Waals surface area contributed by atoms with E-state index in [1.165, 1.54) is 20.3 Å². The molecule has 8 heteroatoms. The molecule has 7 nitrogen and oxygen atoms in total. The van der Waals surface area contributed by atoms with E-state index in [1.807, 2.05) is 30.3 Å². The maximum absolute atomic E-state index is 13.9. The van der Waals surface area contributed by atoms with Crippen molar-refractivity contribution in [2.24, 2.45) is 0 Å². The number of amides is 2. The lowest BCUT2D eigenvalue weighted by atomic mass is 10.1. The summed E-state index contributed by atoms with van der Waals surface area (Å²) in [6, 6.07) is 17.5. The molecule has 0 spiro atoms. The van der Waals surface area contributed by atoms with E-state index in [1.54, 1.807) is 41.0 Å². The molecule has 1 fully saturated rings. The van der Waals surface area contributed by atoms with Crippen LogP contribution in [0.15, 0.2) is 60.7 Å². The second kappa shape index (κ2) is 11.1. The third-order valence-corrected chi connectivity index (χ3v) is 6.21. The number of carbonyl (C=O) groups excluding carboxylic acids is 2. The molecule has 3 aromatic carbocycles. The highest BCUT2D eigenvalue weighted by Crippen LogP contribution is 2.39. The highest BCUT2D eigenvalue weighted by atomic mass is 19.1. The van der Waals surface area contributed by atoms with E-state index in [4.69, 9.17) is 14.2 Å². The van der Waals surface area contributed by atoms with E-state index in [-0.39, 0.29) is 11.8 Å². The van der Waals surface area contributed by atoms with Gasteiger partial charge in [0, 0.05) is 37.3 Å². The Morgan fingerprint density at radius 3 is 1.89 bits per heavy atom. The van der Waals surface area contributed by atoms with Crippen LogP contribution in [0.25, 0.3) is 0 Å². The molecule has 1 heterocycles. The van der Waals surface area contributed by atoms with Crippen molar-refractivity contribution in [3.63, 3.8) is 0 Å². The van der Waals surface area contributed by atoms with Crippen molar-refractivity contribution in [2.45, 2.75) is 13.5 Å². The third kappa shape index (κ3) is 5.43. The first-order valence-electron chi connectivity index (χ1n) is 11.7. The summed E-state index contributed by atoms with van der Waals surface area (Å²) in [6.07, 6.45) is 0. The maximum atomic E-state index is 13.9. The molecule has 0 unspecified atom stereocenters. The van der Waals surface area contributed by atoms with E-state index >= 15 is 0 Å². The van der Waals surface area contributed by atoms with Crippen molar-refractivity contribution in [3.8, 4) is 17.2 Å². The lowest BCUT2D eigenvalue weighted by Crippen LogP contribution is -2.50. The van der Waals surface area contributed by atoms with Gasteiger partial charge in [0.2, 0.25) is 5.75 Å². The zero-order valence-corrected chi connectivity index (χ0v) is 20.6. The van der Waals surface area contributed by atoms with Gasteiger partial charge < -0.3 is 24.0 Å². The van der Waals surface area contributed by atoms with Gasteiger partial charge in [-0.05, 0) is 42.3 Å². The van der Waals surface area contributed by atoms with Crippen LogP contribution in [-0.4, -0.2) is 62.0 Å². The first kappa shape index (κ1) is 25.0. The minimum Gasteiger partial charge on any atom is -0.493 e. The van der Waals surface area contributed by atoms with Crippen molar-refractivity contribution >= 4 is 11.8 Å². The van der Waals surface area contributed by atoms with Gasteiger partial charge in [0.05, 0.1) is 14.2 Å². The van der Waals surface area contributed by atoms with E-state index in [9.17, 15) is 14.0 Å². The quantitative estimate of drug-likeness (QED) is 0.491. The van der Waals surface area contributed by atoms with Crippen molar-refractivity contribution in [3.05, 3.63) is 88.7 Å². The Balaban J connectivity index is 1.44. The molecule has 2 amide bonds. The van der Waals surface area contributed by atoms with Crippen LogP contribution in [0.3, 0.4) is 0 Å². The average Bonchev–Trinajstić information content (AvgIpc) is 2.92. The fourth-order valence-corrected chi connectivity index (χ4v) is 4.08. The van der Waals surface area contributed by atoms with Crippen LogP contribution >= 0.6 is 0 Å². The molecule has 3 aromatic rings. The summed E-state index contributed by atoms with van der Waals surface area (Å²) in [5.74, 6) is 0.349. The summed E-state index contributed by atoms with van der Waals surface area (Å²) in [7, 11) is 3.02. The number of halogens is 1. The van der Waals surface area contributed by atoms with Gasteiger partial charge in [-0.1, -0.05) is 36.4 Å². The Labute approximate surface area is 210 Å². The van der Waals surface area contributed by atoms with E-state index in [2.05, 4.69) is 0 Å². The van der Waals surface area contributed by atoms with Crippen molar-refractivity contribution in [1.29, 1.82) is 0 Å². The van der Waals surface area contributed by atoms with Crippen LogP contribution in [0.2, 0.25) is 0 Å². The number of benzene rings is 3. The topological polar surface area (TPSA) is 68.3 Å². The van der Waals surface area contributed by atoms with Gasteiger partial charge in [-0.25, -0.2) is 4.39 Å². The molecule has 1 saturated heterocycles. The zero-order valence-electron chi connectivity index (χ0n) is 20.6. The number of rotatable bonds is 7. The molecule has 1 aliphatic heterocycles. The molecule has 36 heavy (non-hydrogen) atoms. The highest BCUT2D eigenvalue weighted by Gasteiger charge is 2.27. The number of hydrogen-bond donors (Lipinski definition) is 0. The smallest absolute Gasteiger partial charge is 0.254 e. The molecule has 0 N–H and O–H groups in total. The molecule has 1 aliphatic rings. The minimum absolute atomic E-state index is 0.199. The summed E-state index contributed by atoms with van der Waals surface area (Å²) in [4.78, 5) is 29.4. The molecular weight excluding hydrogens is 463 g/mol. The Morgan fingerprint density at radius 1 is 0.806 bits per heavy atom. The molecule has 4 rings (SSSR count). The van der Waals surface area contributed by atoms with Crippen molar-refractivity contribution < 1.29 is 28.2 Å². The Kier molecular flexibility index (Phi) is 7.73. The van der Waals surface area contributed by atoms with Crippen LogP contribution in [0, 0.1) is 12.7 Å². The van der Waals surface area contributed by atoms with Gasteiger partial charge in [0.25, 0.3) is 11.8 Å². The Morgan fingerprint density at radius 2 is 1.36 bits per heavy atom. The van der Waals surface area contributed by atoms with Gasteiger partial charge in [0.1, 0.15) is 12.4 Å². The number of piperazine rings is 1. The first-order valence-corrected chi connectivity index (χ1v) is 11.7. The predicted molar refractivity (Wildman–Crippen MR) is 133 cm³/mol. The van der Waals surface area contributed by atoms with Gasteiger partial charge >= 0.3 is 0 Å². The highest BCUT2D eigenvalue weighted by molar-refractivity contribution is 5.97. The van der Waals surface area contributed by atoms with E-state index in [0.29, 0.717) is 66.7 Å². The second-order valence-corrected chi connectivity index (χ2v) is 8.53. The summed E-state index contributed by atoms with van der Waals surface area (Å²) >= 11 is 0. The Bertz CT molecular complexity index is 1210. The van der Waals surface area contributed by atoms with Crippen LogP contribution in [-0.2, 0) is 6.61 Å². The summed E-state index contributed by atoms with van der Waals surface area (Å²) < 4.78 is 30.9. The number of methoxy groups -OCH3 is 2. The molecule has 0 saturated carbocycles. The number of hydrogen-bond acceptors (Lipinski definition) is 5. The molecule has 0 atom stereocenters. The van der Waals surface area contributed by atoms with Gasteiger partial charge in [-0.3, -0.25) is 9.59 Å². The molecule has 0 bridgehead atoms. The average molecular weight is 493 g/mol. The Hall–Kier alpha value is -4.07. The van der Waals surface area contributed by atoms with Gasteiger partial charge in [0.15, 0.2) is 11.5 Å². The van der Waals surface area contributed by atoms with Crippen LogP contribution in [0.4, 0.5) is 4.39 Å². The minimum atomic E-state index is -0.409. The van der Waals surface area contributed by atoms with Crippen molar-refractivity contribution in [1.82, 2.24) is 9.80 Å². The summed E-state index contributed by atoms with van der Waals surface area (Å²) in [5, 5.41) is 0. The van der Waals surface area contributed by atoms with E-state index in [0.717, 1.165) is 5.56 Å². The standard InChI is InChI=1S/C28H29FN2O5/c1-19-9-10-21(15-23(19)29)27(32)30-11-13-31(14-12-30)28(33)22-16-24(34-2)26(25(17-22)35-3)36-18-20-7-5-4-6-8-20/h4-10,15-17H,11-14,18H2,1-3H3. The fourth-order valence-electron chi connectivity index (χ4n) is 4.08. The molecule has 0 aromatic heterocycles. The van der Waals surface area contributed by atoms with Crippen molar-refractivity contribution in [2.75, 3.05) is 40.4 Å². The number of nitrogens with zero attached hydrogens (tertiary/aromatic N) is 2. The molecule has 0 radical (unpaired) electrons. The number of ether oxygens (including phenoxy) is 3. The van der Waals surface area contributed by atoms with E-state index < -0.39 is 5.82 Å². The molecular formula is C28H29FN2O5. The normalized spacial score (nSPS) is 13.3. The molecule has 0 aliphatic carbocycles. The van der Waals surface area contributed by atoms with Crippen LogP contribution in [0.1, 0.15) is 31.8 Å². The summed E-state index contributed by atoms with van der Waals surface area (Å²) in [5.41, 5.74) is 2.18. The van der Waals surface area contributed by atoms with Crippen LogP contribution in [0.5, 0.6) is 17.2 Å². The lowest BCUT2D eigenvalue weighted by molar-refractivity contribution is 0.0535. The largest absolute Gasteiger partial charge is 0.493 e. The number of carbonyl (C=O) groups is 2. The van der Waals surface area contributed by atoms with Gasteiger partial charge in [-0.2, -0.15) is 0 Å². The molecule has 188 valence electrons. The van der Waals surface area contributed by atoms with Crippen LogP contribution < -0.4 is 14.2 Å². The first-order chi connectivity index (χ1) is 17.4. The SMILES string of the molecule is COc1cc(C(=O)N2CCN(C(=O)c3ccc(C)c(F)c3)CC2)cc(OC)c1OCc1ccccc1. The monoisotopic (exact) mass is 492 g/mol. The lowest BCUT2D eigenvalue weighted by Gasteiger charge is -2.35. The van der Waals surface area contributed by atoms with Gasteiger partial charge in [-0.15, -0.1) is 0 Å². The third-order valence-electron chi connectivity index (χ3n) is 6.21. The second-order valence-electron chi connectivity index (χ2n) is 8.53. The predicted octanol–water partition coefficient (Wildman–Crippen LogP) is 4.33. The zero-order chi connectivity index (χ0) is 25.7. The summed E-state index contributed by atoms with van der Waals surface area (Å²) in [6.45, 7) is 3.40. The maximum Gasteiger partial charge on any atom is 0.254 e. The fraction of sp³-hybridized carbons (Fsp3) is 0.286.